The lowest BCUT2D eigenvalue weighted by molar-refractivity contribution is 0.104. The third kappa shape index (κ3) is 2.87. The molecule has 1 N–H and O–H groups in total. The summed E-state index contributed by atoms with van der Waals surface area (Å²) in [6.45, 7) is 1.95. The zero-order valence-electron chi connectivity index (χ0n) is 10.1. The topological polar surface area (TPSA) is 29.5 Å². The molecule has 2 nitrogen and oxygen atoms in total. The lowest BCUT2D eigenvalue weighted by atomic mass is 10.1. The smallest absolute Gasteiger partial charge is 0.129 e. The molecule has 18 heavy (non-hydrogen) atoms. The van der Waals surface area contributed by atoms with Gasteiger partial charge in [-0.1, -0.05) is 36.4 Å². The monoisotopic (exact) mass is 246 g/mol. The standard InChI is InChI=1S/C15H15FO2/c1-11-6-2-5-9-15(11)18-10-14(17)12-7-3-4-8-13(12)16/h2-9,14,17H,10H2,1H3. The van der Waals surface area contributed by atoms with Crippen molar-refractivity contribution in [2.45, 2.75) is 13.0 Å². The molecule has 0 spiro atoms. The van der Waals surface area contributed by atoms with Gasteiger partial charge in [-0.15, -0.1) is 0 Å². The van der Waals surface area contributed by atoms with E-state index in [1.165, 1.54) is 6.07 Å². The lowest BCUT2D eigenvalue weighted by Gasteiger charge is -2.14. The van der Waals surface area contributed by atoms with Gasteiger partial charge in [0.25, 0.3) is 0 Å². The van der Waals surface area contributed by atoms with E-state index in [1.54, 1.807) is 18.2 Å². The Morgan fingerprint density at radius 3 is 2.50 bits per heavy atom. The van der Waals surface area contributed by atoms with Crippen LogP contribution in [-0.4, -0.2) is 11.7 Å². The molecule has 0 bridgehead atoms. The number of benzene rings is 2. The van der Waals surface area contributed by atoms with Crippen molar-refractivity contribution in [1.29, 1.82) is 0 Å². The van der Waals surface area contributed by atoms with Crippen LogP contribution in [0.2, 0.25) is 0 Å². The summed E-state index contributed by atoms with van der Waals surface area (Å²) in [4.78, 5) is 0. The van der Waals surface area contributed by atoms with Gasteiger partial charge in [0.1, 0.15) is 24.3 Å². The van der Waals surface area contributed by atoms with E-state index in [0.717, 1.165) is 5.56 Å². The van der Waals surface area contributed by atoms with Crippen molar-refractivity contribution >= 4 is 0 Å². The maximum Gasteiger partial charge on any atom is 0.129 e. The van der Waals surface area contributed by atoms with E-state index >= 15 is 0 Å². The van der Waals surface area contributed by atoms with Gasteiger partial charge >= 0.3 is 0 Å². The van der Waals surface area contributed by atoms with Crippen molar-refractivity contribution in [3.8, 4) is 5.75 Å². The molecule has 0 aliphatic carbocycles. The fourth-order valence-corrected chi connectivity index (χ4v) is 1.72. The second-order valence-electron chi connectivity index (χ2n) is 4.11. The van der Waals surface area contributed by atoms with Crippen LogP contribution in [0.15, 0.2) is 48.5 Å². The molecule has 0 aromatic heterocycles. The Hall–Kier alpha value is -1.87. The van der Waals surface area contributed by atoms with Crippen LogP contribution in [0, 0.1) is 12.7 Å². The van der Waals surface area contributed by atoms with Gasteiger partial charge < -0.3 is 9.84 Å². The van der Waals surface area contributed by atoms with Crippen LogP contribution >= 0.6 is 0 Å². The highest BCUT2D eigenvalue weighted by Gasteiger charge is 2.13. The molecule has 0 fully saturated rings. The molecule has 2 aromatic carbocycles. The lowest BCUT2D eigenvalue weighted by Crippen LogP contribution is -2.11. The summed E-state index contributed by atoms with van der Waals surface area (Å²) >= 11 is 0. The Balaban J connectivity index is 2.03. The number of ether oxygens (including phenoxy) is 1. The number of hydrogen-bond donors (Lipinski definition) is 1. The van der Waals surface area contributed by atoms with E-state index in [9.17, 15) is 9.50 Å². The summed E-state index contributed by atoms with van der Waals surface area (Å²) in [6.07, 6.45) is -0.967. The third-order valence-corrected chi connectivity index (χ3v) is 2.75. The number of aryl methyl sites for hydroxylation is 1. The first-order valence-corrected chi connectivity index (χ1v) is 5.79. The van der Waals surface area contributed by atoms with Crippen LogP contribution in [0.4, 0.5) is 4.39 Å². The fourth-order valence-electron chi connectivity index (χ4n) is 1.72. The highest BCUT2D eigenvalue weighted by Crippen LogP contribution is 2.21. The Bertz CT molecular complexity index is 525. The van der Waals surface area contributed by atoms with Crippen molar-refractivity contribution in [3.05, 3.63) is 65.5 Å². The third-order valence-electron chi connectivity index (χ3n) is 2.75. The van der Waals surface area contributed by atoms with Crippen LogP contribution in [0.1, 0.15) is 17.2 Å². The second-order valence-corrected chi connectivity index (χ2v) is 4.11. The highest BCUT2D eigenvalue weighted by atomic mass is 19.1. The summed E-state index contributed by atoms with van der Waals surface area (Å²) < 4.78 is 18.9. The number of rotatable bonds is 4. The van der Waals surface area contributed by atoms with Crippen LogP contribution in [-0.2, 0) is 0 Å². The predicted octanol–water partition coefficient (Wildman–Crippen LogP) is 3.25. The van der Waals surface area contributed by atoms with E-state index in [4.69, 9.17) is 4.74 Å². The number of aliphatic hydroxyl groups is 1. The summed E-state index contributed by atoms with van der Waals surface area (Å²) in [5.41, 5.74) is 1.24. The molecular formula is C15H15FO2. The Morgan fingerprint density at radius 1 is 1.11 bits per heavy atom. The number of aliphatic hydroxyl groups excluding tert-OH is 1. The summed E-state index contributed by atoms with van der Waals surface area (Å²) in [5.74, 6) is 0.284. The van der Waals surface area contributed by atoms with Gasteiger partial charge in [0, 0.05) is 5.56 Å². The summed E-state index contributed by atoms with van der Waals surface area (Å²) in [5, 5.41) is 9.89. The van der Waals surface area contributed by atoms with E-state index < -0.39 is 11.9 Å². The maximum absolute atomic E-state index is 13.4. The second kappa shape index (κ2) is 5.65. The van der Waals surface area contributed by atoms with Crippen LogP contribution in [0.25, 0.3) is 0 Å². The molecule has 0 saturated carbocycles. The van der Waals surface area contributed by atoms with Crippen LogP contribution < -0.4 is 4.74 Å². The minimum Gasteiger partial charge on any atom is -0.490 e. The average Bonchev–Trinajstić information content (AvgIpc) is 2.38. The maximum atomic E-state index is 13.4. The minimum absolute atomic E-state index is 0.0335. The van der Waals surface area contributed by atoms with Crippen molar-refractivity contribution in [2.24, 2.45) is 0 Å². The van der Waals surface area contributed by atoms with E-state index in [1.807, 2.05) is 31.2 Å². The molecule has 3 heteroatoms. The zero-order chi connectivity index (χ0) is 13.0. The largest absolute Gasteiger partial charge is 0.490 e. The van der Waals surface area contributed by atoms with E-state index in [2.05, 4.69) is 0 Å². The molecule has 0 amide bonds. The molecule has 0 aliphatic rings. The quantitative estimate of drug-likeness (QED) is 0.897. The van der Waals surface area contributed by atoms with Gasteiger partial charge in [-0.2, -0.15) is 0 Å². The van der Waals surface area contributed by atoms with Crippen LogP contribution in [0.3, 0.4) is 0 Å². The summed E-state index contributed by atoms with van der Waals surface area (Å²) in [7, 11) is 0. The van der Waals surface area contributed by atoms with Gasteiger partial charge in [0.15, 0.2) is 0 Å². The van der Waals surface area contributed by atoms with Crippen molar-refractivity contribution in [1.82, 2.24) is 0 Å². The first kappa shape index (κ1) is 12.6. The summed E-state index contributed by atoms with van der Waals surface area (Å²) in [6, 6.07) is 13.7. The van der Waals surface area contributed by atoms with Crippen LogP contribution in [0.5, 0.6) is 5.75 Å². The van der Waals surface area contributed by atoms with E-state index in [0.29, 0.717) is 5.75 Å². The number of halogens is 1. The SMILES string of the molecule is Cc1ccccc1OCC(O)c1ccccc1F. The molecule has 0 heterocycles. The Kier molecular flexibility index (Phi) is 3.95. The predicted molar refractivity (Wildman–Crippen MR) is 68.0 cm³/mol. The molecule has 1 atom stereocenters. The van der Waals surface area contributed by atoms with Crippen molar-refractivity contribution in [2.75, 3.05) is 6.61 Å². The van der Waals surface area contributed by atoms with Crippen molar-refractivity contribution in [3.63, 3.8) is 0 Å². The molecule has 1 unspecified atom stereocenters. The Labute approximate surface area is 106 Å². The molecular weight excluding hydrogens is 231 g/mol. The number of para-hydroxylation sites is 1. The van der Waals surface area contributed by atoms with Gasteiger partial charge in [-0.25, -0.2) is 4.39 Å². The number of hydrogen-bond acceptors (Lipinski definition) is 2. The molecule has 0 radical (unpaired) electrons. The molecule has 2 rings (SSSR count). The molecule has 0 aliphatic heterocycles. The zero-order valence-corrected chi connectivity index (χ0v) is 10.1. The van der Waals surface area contributed by atoms with Gasteiger partial charge in [0.05, 0.1) is 0 Å². The molecule has 94 valence electrons. The first-order chi connectivity index (χ1) is 8.68. The van der Waals surface area contributed by atoms with Crippen molar-refractivity contribution < 1.29 is 14.2 Å². The highest BCUT2D eigenvalue weighted by molar-refractivity contribution is 5.32. The van der Waals surface area contributed by atoms with Gasteiger partial charge in [0.2, 0.25) is 0 Å². The van der Waals surface area contributed by atoms with Gasteiger partial charge in [-0.05, 0) is 24.6 Å². The minimum atomic E-state index is -0.967. The Morgan fingerprint density at radius 2 is 1.78 bits per heavy atom. The first-order valence-electron chi connectivity index (χ1n) is 5.79. The normalized spacial score (nSPS) is 12.2. The molecule has 2 aromatic rings. The fraction of sp³-hybridized carbons (Fsp3) is 0.200. The van der Waals surface area contributed by atoms with E-state index in [-0.39, 0.29) is 12.2 Å². The molecule has 0 saturated heterocycles. The average molecular weight is 246 g/mol. The van der Waals surface area contributed by atoms with Gasteiger partial charge in [-0.3, -0.25) is 0 Å².